The summed E-state index contributed by atoms with van der Waals surface area (Å²) in [5, 5.41) is 2.59. The van der Waals surface area contributed by atoms with Crippen molar-refractivity contribution in [2.24, 2.45) is 0 Å². The Morgan fingerprint density at radius 2 is 1.78 bits per heavy atom. The second kappa shape index (κ2) is 8.05. The number of carbonyl (C=O) groups is 2. The summed E-state index contributed by atoms with van der Waals surface area (Å²) in [6.45, 7) is 0.0268. The quantitative estimate of drug-likeness (QED) is 0.748. The van der Waals surface area contributed by atoms with Gasteiger partial charge in [-0.1, -0.05) is 30.3 Å². The zero-order valence-corrected chi connectivity index (χ0v) is 14.7. The smallest absolute Gasteiger partial charge is 0.252 e. The number of amides is 2. The van der Waals surface area contributed by atoms with Crippen LogP contribution in [0.1, 0.15) is 15.9 Å². The van der Waals surface area contributed by atoms with E-state index < -0.39 is 0 Å². The van der Waals surface area contributed by atoms with E-state index in [1.54, 1.807) is 37.4 Å². The first-order valence-corrected chi connectivity index (χ1v) is 8.07. The van der Waals surface area contributed by atoms with Crippen LogP contribution in [0.15, 0.2) is 48.5 Å². The van der Waals surface area contributed by atoms with Crippen LogP contribution >= 0.6 is 22.6 Å². The van der Waals surface area contributed by atoms with E-state index in [9.17, 15) is 14.0 Å². The van der Waals surface area contributed by atoms with Crippen LogP contribution in [0.25, 0.3) is 0 Å². The van der Waals surface area contributed by atoms with Gasteiger partial charge in [0.1, 0.15) is 5.82 Å². The highest BCUT2D eigenvalue weighted by Crippen LogP contribution is 2.11. The Morgan fingerprint density at radius 3 is 2.48 bits per heavy atom. The second-order valence-corrected chi connectivity index (χ2v) is 6.17. The molecule has 0 unspecified atom stereocenters. The lowest BCUT2D eigenvalue weighted by Gasteiger charge is -2.18. The Hall–Kier alpha value is -1.96. The molecule has 0 heterocycles. The molecule has 2 amide bonds. The van der Waals surface area contributed by atoms with Gasteiger partial charge in [-0.15, -0.1) is 0 Å². The normalized spacial score (nSPS) is 10.2. The fourth-order valence-electron chi connectivity index (χ4n) is 2.00. The van der Waals surface area contributed by atoms with E-state index in [1.807, 2.05) is 12.1 Å². The molecule has 2 aromatic carbocycles. The standard InChI is InChI=1S/C17H16FIN2O2/c1-21(11-12-6-2-4-8-14(12)18)16(22)10-20-17(23)13-7-3-5-9-15(13)19/h2-9H,10-11H2,1H3,(H,20,23). The predicted octanol–water partition coefficient (Wildman–Crippen LogP) is 2.82. The van der Waals surface area contributed by atoms with Crippen LogP contribution in [0.3, 0.4) is 0 Å². The average Bonchev–Trinajstić information content (AvgIpc) is 2.54. The molecule has 0 aliphatic heterocycles. The van der Waals surface area contributed by atoms with E-state index in [-0.39, 0.29) is 30.7 Å². The summed E-state index contributed by atoms with van der Waals surface area (Å²) in [6.07, 6.45) is 0. The minimum absolute atomic E-state index is 0.130. The maximum absolute atomic E-state index is 13.6. The highest BCUT2D eigenvalue weighted by Gasteiger charge is 2.14. The second-order valence-electron chi connectivity index (χ2n) is 5.00. The van der Waals surface area contributed by atoms with Crippen molar-refractivity contribution in [3.8, 4) is 0 Å². The van der Waals surface area contributed by atoms with E-state index in [1.165, 1.54) is 11.0 Å². The Balaban J connectivity index is 1.91. The van der Waals surface area contributed by atoms with Gasteiger partial charge in [-0.25, -0.2) is 4.39 Å². The number of hydrogen-bond acceptors (Lipinski definition) is 2. The number of hydrogen-bond donors (Lipinski definition) is 1. The lowest BCUT2D eigenvalue weighted by Crippen LogP contribution is -2.38. The van der Waals surface area contributed by atoms with Crippen LogP contribution in [0.5, 0.6) is 0 Å². The zero-order valence-electron chi connectivity index (χ0n) is 12.6. The molecular formula is C17H16FIN2O2. The molecule has 23 heavy (non-hydrogen) atoms. The summed E-state index contributed by atoms with van der Waals surface area (Å²) in [7, 11) is 1.58. The average molecular weight is 426 g/mol. The summed E-state index contributed by atoms with van der Waals surface area (Å²) in [6, 6.07) is 13.4. The summed E-state index contributed by atoms with van der Waals surface area (Å²) in [5.74, 6) is -0.940. The van der Waals surface area contributed by atoms with E-state index in [2.05, 4.69) is 27.9 Å². The van der Waals surface area contributed by atoms with Crippen LogP contribution in [-0.4, -0.2) is 30.3 Å². The SMILES string of the molecule is CN(Cc1ccccc1F)C(=O)CNC(=O)c1ccccc1I. The molecule has 0 aromatic heterocycles. The first-order valence-electron chi connectivity index (χ1n) is 6.99. The van der Waals surface area contributed by atoms with Gasteiger partial charge in [0.2, 0.25) is 5.91 Å². The Bertz CT molecular complexity index is 721. The van der Waals surface area contributed by atoms with Crippen molar-refractivity contribution in [1.82, 2.24) is 10.2 Å². The molecule has 0 bridgehead atoms. The molecule has 0 atom stereocenters. The van der Waals surface area contributed by atoms with E-state index >= 15 is 0 Å². The van der Waals surface area contributed by atoms with Gasteiger partial charge in [0, 0.05) is 22.7 Å². The maximum Gasteiger partial charge on any atom is 0.252 e. The summed E-state index contributed by atoms with van der Waals surface area (Å²) >= 11 is 2.07. The van der Waals surface area contributed by atoms with Crippen LogP contribution in [0.4, 0.5) is 4.39 Å². The maximum atomic E-state index is 13.6. The molecular weight excluding hydrogens is 410 g/mol. The summed E-state index contributed by atoms with van der Waals surface area (Å²) in [4.78, 5) is 25.5. The van der Waals surface area contributed by atoms with E-state index in [4.69, 9.17) is 0 Å². The zero-order chi connectivity index (χ0) is 16.8. The Kier molecular flexibility index (Phi) is 6.09. The molecule has 0 fully saturated rings. The van der Waals surface area contributed by atoms with Gasteiger partial charge in [-0.2, -0.15) is 0 Å². The highest BCUT2D eigenvalue weighted by atomic mass is 127. The molecule has 1 N–H and O–H groups in total. The minimum Gasteiger partial charge on any atom is -0.343 e. The molecule has 6 heteroatoms. The third-order valence-electron chi connectivity index (χ3n) is 3.31. The van der Waals surface area contributed by atoms with Gasteiger partial charge in [0.05, 0.1) is 12.1 Å². The van der Waals surface area contributed by atoms with Crippen LogP contribution in [0, 0.1) is 9.39 Å². The first-order chi connectivity index (χ1) is 11.0. The third-order valence-corrected chi connectivity index (χ3v) is 4.25. The summed E-state index contributed by atoms with van der Waals surface area (Å²) in [5.41, 5.74) is 0.963. The van der Waals surface area contributed by atoms with Crippen molar-refractivity contribution in [2.75, 3.05) is 13.6 Å². The van der Waals surface area contributed by atoms with Gasteiger partial charge >= 0.3 is 0 Å². The number of benzene rings is 2. The minimum atomic E-state index is -0.352. The topological polar surface area (TPSA) is 49.4 Å². The van der Waals surface area contributed by atoms with Gasteiger partial charge in [-0.3, -0.25) is 9.59 Å². The number of nitrogens with zero attached hydrogens (tertiary/aromatic N) is 1. The predicted molar refractivity (Wildman–Crippen MR) is 94.4 cm³/mol. The number of likely N-dealkylation sites (N-methyl/N-ethyl adjacent to an activating group) is 1. The lowest BCUT2D eigenvalue weighted by molar-refractivity contribution is -0.129. The van der Waals surface area contributed by atoms with Crippen molar-refractivity contribution in [3.63, 3.8) is 0 Å². The van der Waals surface area contributed by atoms with Gasteiger partial charge in [0.25, 0.3) is 5.91 Å². The number of nitrogens with one attached hydrogen (secondary N) is 1. The number of carbonyl (C=O) groups excluding carboxylic acids is 2. The Labute approximate surface area is 147 Å². The molecule has 2 rings (SSSR count). The molecule has 4 nitrogen and oxygen atoms in total. The van der Waals surface area contributed by atoms with Gasteiger partial charge in [0.15, 0.2) is 0 Å². The van der Waals surface area contributed by atoms with Crippen molar-refractivity contribution >= 4 is 34.4 Å². The monoisotopic (exact) mass is 426 g/mol. The molecule has 0 aliphatic rings. The molecule has 0 aliphatic carbocycles. The molecule has 0 spiro atoms. The van der Waals surface area contributed by atoms with Crippen molar-refractivity contribution < 1.29 is 14.0 Å². The van der Waals surface area contributed by atoms with Crippen molar-refractivity contribution in [1.29, 1.82) is 0 Å². The fraction of sp³-hybridized carbons (Fsp3) is 0.176. The van der Waals surface area contributed by atoms with Crippen LogP contribution < -0.4 is 5.32 Å². The molecule has 0 radical (unpaired) electrons. The molecule has 120 valence electrons. The lowest BCUT2D eigenvalue weighted by atomic mass is 10.2. The largest absolute Gasteiger partial charge is 0.343 e. The number of halogens is 2. The van der Waals surface area contributed by atoms with Crippen molar-refractivity contribution in [3.05, 3.63) is 69.0 Å². The Morgan fingerprint density at radius 1 is 1.13 bits per heavy atom. The molecule has 0 saturated carbocycles. The van der Waals surface area contributed by atoms with E-state index in [0.29, 0.717) is 11.1 Å². The van der Waals surface area contributed by atoms with E-state index in [0.717, 1.165) is 3.57 Å². The molecule has 2 aromatic rings. The molecule has 0 saturated heterocycles. The summed E-state index contributed by atoms with van der Waals surface area (Å²) < 4.78 is 14.4. The number of rotatable bonds is 5. The van der Waals surface area contributed by atoms with Crippen LogP contribution in [-0.2, 0) is 11.3 Å². The first kappa shape index (κ1) is 17.4. The third kappa shape index (κ3) is 4.75. The highest BCUT2D eigenvalue weighted by molar-refractivity contribution is 14.1. The van der Waals surface area contributed by atoms with Gasteiger partial charge in [-0.05, 0) is 40.8 Å². The van der Waals surface area contributed by atoms with Gasteiger partial charge < -0.3 is 10.2 Å². The fourth-order valence-corrected chi connectivity index (χ4v) is 2.63. The van der Waals surface area contributed by atoms with Crippen molar-refractivity contribution in [2.45, 2.75) is 6.54 Å². The van der Waals surface area contributed by atoms with Crippen LogP contribution in [0.2, 0.25) is 0 Å².